The lowest BCUT2D eigenvalue weighted by atomic mass is 10.1. The summed E-state index contributed by atoms with van der Waals surface area (Å²) < 4.78 is 5.20. The number of primary amides is 1. The first-order valence-corrected chi connectivity index (χ1v) is 8.61. The molecule has 1 aromatic rings. The van der Waals surface area contributed by atoms with Crippen molar-refractivity contribution < 1.29 is 23.9 Å². The van der Waals surface area contributed by atoms with Crippen LogP contribution in [0.1, 0.15) is 31.2 Å². The SMILES string of the molecule is NC(=O)[C@@H]1CCCN1C(=O)[C@@H]1CCC(=O)N1C(=O)OCc1ccccc1. The average Bonchev–Trinajstić information content (AvgIpc) is 3.27. The summed E-state index contributed by atoms with van der Waals surface area (Å²) >= 11 is 0. The van der Waals surface area contributed by atoms with Crippen molar-refractivity contribution in [2.24, 2.45) is 5.73 Å². The Morgan fingerprint density at radius 3 is 2.54 bits per heavy atom. The van der Waals surface area contributed by atoms with Crippen LogP contribution < -0.4 is 5.73 Å². The molecule has 0 aromatic heterocycles. The molecule has 26 heavy (non-hydrogen) atoms. The quantitative estimate of drug-likeness (QED) is 0.855. The predicted octanol–water partition coefficient (Wildman–Crippen LogP) is 0.790. The van der Waals surface area contributed by atoms with Crippen molar-refractivity contribution in [2.75, 3.05) is 6.54 Å². The number of ether oxygens (including phenoxy) is 1. The first-order valence-electron chi connectivity index (χ1n) is 8.61. The van der Waals surface area contributed by atoms with Crippen molar-refractivity contribution in [3.05, 3.63) is 35.9 Å². The van der Waals surface area contributed by atoms with E-state index in [1.165, 1.54) is 4.90 Å². The Kier molecular flexibility index (Phi) is 5.20. The third-order valence-electron chi connectivity index (χ3n) is 4.76. The Hall–Kier alpha value is -2.90. The molecule has 1 aromatic carbocycles. The van der Waals surface area contributed by atoms with Crippen LogP contribution in [0.5, 0.6) is 0 Å². The first kappa shape index (κ1) is 17.9. The van der Waals surface area contributed by atoms with Gasteiger partial charge in [-0.2, -0.15) is 0 Å². The monoisotopic (exact) mass is 359 g/mol. The Labute approximate surface area is 150 Å². The molecular formula is C18H21N3O5. The van der Waals surface area contributed by atoms with Gasteiger partial charge in [-0.15, -0.1) is 0 Å². The van der Waals surface area contributed by atoms with E-state index in [4.69, 9.17) is 10.5 Å². The van der Waals surface area contributed by atoms with Crippen LogP contribution in [0, 0.1) is 0 Å². The molecule has 0 unspecified atom stereocenters. The van der Waals surface area contributed by atoms with Crippen molar-refractivity contribution in [1.82, 2.24) is 9.80 Å². The van der Waals surface area contributed by atoms with E-state index in [0.29, 0.717) is 19.4 Å². The van der Waals surface area contributed by atoms with E-state index in [9.17, 15) is 19.2 Å². The Balaban J connectivity index is 1.69. The fourth-order valence-electron chi connectivity index (χ4n) is 3.45. The second-order valence-electron chi connectivity index (χ2n) is 6.45. The molecule has 2 aliphatic heterocycles. The number of hydrogen-bond donors (Lipinski definition) is 1. The van der Waals surface area contributed by atoms with Crippen LogP contribution in [0.3, 0.4) is 0 Å². The molecule has 2 N–H and O–H groups in total. The van der Waals surface area contributed by atoms with E-state index < -0.39 is 35.9 Å². The number of carbonyl (C=O) groups is 4. The number of carbonyl (C=O) groups excluding carboxylic acids is 4. The molecule has 8 nitrogen and oxygen atoms in total. The highest BCUT2D eigenvalue weighted by molar-refractivity contribution is 6.01. The molecule has 2 fully saturated rings. The van der Waals surface area contributed by atoms with Crippen LogP contribution in [0.25, 0.3) is 0 Å². The largest absolute Gasteiger partial charge is 0.444 e. The van der Waals surface area contributed by atoms with Crippen molar-refractivity contribution in [3.8, 4) is 0 Å². The number of imide groups is 1. The minimum Gasteiger partial charge on any atom is -0.444 e. The third kappa shape index (κ3) is 3.54. The van der Waals surface area contributed by atoms with Gasteiger partial charge in [0.05, 0.1) is 0 Å². The van der Waals surface area contributed by atoms with Crippen molar-refractivity contribution >= 4 is 23.8 Å². The fraction of sp³-hybridized carbons (Fsp3) is 0.444. The molecule has 0 aliphatic carbocycles. The zero-order chi connectivity index (χ0) is 18.7. The molecule has 2 atom stereocenters. The average molecular weight is 359 g/mol. The number of hydrogen-bond acceptors (Lipinski definition) is 5. The molecule has 0 spiro atoms. The molecular weight excluding hydrogens is 338 g/mol. The molecule has 8 heteroatoms. The molecule has 0 radical (unpaired) electrons. The summed E-state index contributed by atoms with van der Waals surface area (Å²) in [5.74, 6) is -1.44. The van der Waals surface area contributed by atoms with Gasteiger partial charge in [-0.05, 0) is 24.8 Å². The predicted molar refractivity (Wildman–Crippen MR) is 90.4 cm³/mol. The van der Waals surface area contributed by atoms with E-state index in [2.05, 4.69) is 0 Å². The normalized spacial score (nSPS) is 22.5. The van der Waals surface area contributed by atoms with Crippen LogP contribution in [-0.2, 0) is 25.7 Å². The van der Waals surface area contributed by atoms with Gasteiger partial charge in [0.1, 0.15) is 18.7 Å². The second kappa shape index (κ2) is 7.55. The van der Waals surface area contributed by atoms with Gasteiger partial charge in [0.25, 0.3) is 0 Å². The van der Waals surface area contributed by atoms with Crippen LogP contribution >= 0.6 is 0 Å². The highest BCUT2D eigenvalue weighted by Crippen LogP contribution is 2.26. The summed E-state index contributed by atoms with van der Waals surface area (Å²) in [6.07, 6.45) is 0.634. The second-order valence-corrected chi connectivity index (χ2v) is 6.45. The van der Waals surface area contributed by atoms with E-state index >= 15 is 0 Å². The summed E-state index contributed by atoms with van der Waals surface area (Å²) in [4.78, 5) is 51.1. The van der Waals surface area contributed by atoms with E-state index in [-0.39, 0.29) is 19.4 Å². The maximum atomic E-state index is 12.8. The number of likely N-dealkylation sites (tertiary alicyclic amines) is 2. The molecule has 2 aliphatic rings. The summed E-state index contributed by atoms with van der Waals surface area (Å²) in [5.41, 5.74) is 6.13. The van der Waals surface area contributed by atoms with Gasteiger partial charge in [0, 0.05) is 13.0 Å². The molecule has 2 saturated heterocycles. The number of nitrogens with zero attached hydrogens (tertiary/aromatic N) is 2. The minimum absolute atomic E-state index is 0.0119. The van der Waals surface area contributed by atoms with Gasteiger partial charge in [-0.25, -0.2) is 9.69 Å². The zero-order valence-electron chi connectivity index (χ0n) is 14.3. The van der Waals surface area contributed by atoms with E-state index in [0.717, 1.165) is 10.5 Å². The molecule has 138 valence electrons. The standard InChI is InChI=1S/C18H21N3O5/c19-16(23)13-7-4-10-20(13)17(24)14-8-9-15(22)21(14)18(25)26-11-12-5-2-1-3-6-12/h1-3,5-6,13-14H,4,7-11H2,(H2,19,23)/t13-,14-/m0/s1. The summed E-state index contributed by atoms with van der Waals surface area (Å²) in [6.45, 7) is 0.405. The summed E-state index contributed by atoms with van der Waals surface area (Å²) in [6, 6.07) is 7.44. The Morgan fingerprint density at radius 2 is 1.85 bits per heavy atom. The maximum absolute atomic E-state index is 12.8. The van der Waals surface area contributed by atoms with Crippen LogP contribution in [-0.4, -0.2) is 52.2 Å². The summed E-state index contributed by atoms with van der Waals surface area (Å²) in [5, 5.41) is 0. The summed E-state index contributed by atoms with van der Waals surface area (Å²) in [7, 11) is 0. The van der Waals surface area contributed by atoms with Crippen molar-refractivity contribution in [2.45, 2.75) is 44.4 Å². The number of rotatable bonds is 4. The third-order valence-corrected chi connectivity index (χ3v) is 4.76. The number of amides is 4. The fourth-order valence-corrected chi connectivity index (χ4v) is 3.45. The highest BCUT2D eigenvalue weighted by Gasteiger charge is 2.45. The molecule has 2 heterocycles. The van der Waals surface area contributed by atoms with Crippen LogP contribution in [0.2, 0.25) is 0 Å². The first-order chi connectivity index (χ1) is 12.5. The lowest BCUT2D eigenvalue weighted by Crippen LogP contribution is -2.53. The maximum Gasteiger partial charge on any atom is 0.417 e. The van der Waals surface area contributed by atoms with Gasteiger partial charge in [0.2, 0.25) is 17.7 Å². The lowest BCUT2D eigenvalue weighted by Gasteiger charge is -2.28. The smallest absolute Gasteiger partial charge is 0.417 e. The molecule has 3 rings (SSSR count). The van der Waals surface area contributed by atoms with Gasteiger partial charge in [-0.3, -0.25) is 14.4 Å². The van der Waals surface area contributed by atoms with Crippen LogP contribution in [0.4, 0.5) is 4.79 Å². The zero-order valence-corrected chi connectivity index (χ0v) is 14.3. The Bertz CT molecular complexity index is 721. The van der Waals surface area contributed by atoms with Gasteiger partial charge in [0.15, 0.2) is 0 Å². The van der Waals surface area contributed by atoms with Gasteiger partial charge < -0.3 is 15.4 Å². The van der Waals surface area contributed by atoms with Gasteiger partial charge in [-0.1, -0.05) is 30.3 Å². The van der Waals surface area contributed by atoms with Crippen molar-refractivity contribution in [1.29, 1.82) is 0 Å². The number of benzene rings is 1. The highest BCUT2D eigenvalue weighted by atomic mass is 16.6. The minimum atomic E-state index is -0.939. The van der Waals surface area contributed by atoms with Crippen molar-refractivity contribution in [3.63, 3.8) is 0 Å². The van der Waals surface area contributed by atoms with Crippen LogP contribution in [0.15, 0.2) is 30.3 Å². The lowest BCUT2D eigenvalue weighted by molar-refractivity contribution is -0.143. The molecule has 4 amide bonds. The Morgan fingerprint density at radius 1 is 1.12 bits per heavy atom. The van der Waals surface area contributed by atoms with E-state index in [1.807, 2.05) is 18.2 Å². The number of nitrogens with two attached hydrogens (primary N) is 1. The molecule has 0 saturated carbocycles. The van der Waals surface area contributed by atoms with Gasteiger partial charge >= 0.3 is 6.09 Å². The molecule has 0 bridgehead atoms. The topological polar surface area (TPSA) is 110 Å². The van der Waals surface area contributed by atoms with E-state index in [1.54, 1.807) is 12.1 Å².